The number of hydrogen-bond acceptors (Lipinski definition) is 5. The molecule has 1 fully saturated rings. The number of hydrogen-bond donors (Lipinski definition) is 1. The number of benzene rings is 3. The highest BCUT2D eigenvalue weighted by molar-refractivity contribution is 7.86. The topological polar surface area (TPSA) is 120 Å². The molecular formula is C32H33N3O5S. The van der Waals surface area contributed by atoms with Gasteiger partial charge in [0.05, 0.1) is 18.1 Å². The molecule has 3 N–H and O–H groups in total. The van der Waals surface area contributed by atoms with Gasteiger partial charge in [0.2, 0.25) is 0 Å². The minimum Gasteiger partial charge on any atom is -0.412 e. The largest absolute Gasteiger partial charge is 0.412 e. The number of nitrogens with one attached hydrogen (secondary N) is 1. The number of ether oxygens (including phenoxy) is 1. The second-order valence-electron chi connectivity index (χ2n) is 9.62. The Hall–Kier alpha value is -4.18. The molecule has 8 nitrogen and oxygen atoms in total. The second-order valence-corrected chi connectivity index (χ2v) is 10.8. The van der Waals surface area contributed by atoms with Crippen molar-refractivity contribution in [3.8, 4) is 11.1 Å². The smallest absolute Gasteiger partial charge is 0.254 e. The van der Waals surface area contributed by atoms with E-state index in [-0.39, 0.29) is 17.2 Å². The predicted octanol–water partition coefficient (Wildman–Crippen LogP) is 4.28. The number of carbonyl (C=O) groups excluding carboxylic acids is 2. The molecule has 0 aliphatic carbocycles. The normalized spacial score (nSPS) is 13.6. The van der Waals surface area contributed by atoms with Crippen LogP contribution in [0.2, 0.25) is 0 Å². The molecule has 1 atom stereocenters. The average molecular weight is 572 g/mol. The van der Waals surface area contributed by atoms with Gasteiger partial charge in [0.15, 0.2) is 11.0 Å². The third-order valence-corrected chi connectivity index (χ3v) is 7.99. The van der Waals surface area contributed by atoms with Crippen LogP contribution in [-0.4, -0.2) is 57.6 Å². The van der Waals surface area contributed by atoms with Gasteiger partial charge in [-0.25, -0.2) is 4.21 Å². The van der Waals surface area contributed by atoms with Crippen molar-refractivity contribution in [3.05, 3.63) is 114 Å². The van der Waals surface area contributed by atoms with Gasteiger partial charge in [-0.2, -0.15) is 0 Å². The van der Waals surface area contributed by atoms with E-state index in [1.165, 1.54) is 0 Å². The fourth-order valence-electron chi connectivity index (χ4n) is 4.61. The van der Waals surface area contributed by atoms with E-state index < -0.39 is 11.0 Å². The van der Waals surface area contributed by atoms with Crippen molar-refractivity contribution >= 4 is 28.4 Å². The van der Waals surface area contributed by atoms with Gasteiger partial charge in [-0.15, -0.1) is 0 Å². The lowest BCUT2D eigenvalue weighted by Gasteiger charge is -2.26. The standard InChI is InChI=1S/C32H31N3O4S.H2O/c36-29(16-9-25-4-3-17-33-23-25)22-24-7-14-28(15-8-24)34-40(38)31-6-2-1-5-30(31)26-10-12-27(13-11-26)32(37)35-18-20-39-21-19-35;/h1-8,10-15,17,23,34H,9,16,18-22H2;1H2. The summed E-state index contributed by atoms with van der Waals surface area (Å²) in [7, 11) is -1.52. The number of pyridine rings is 1. The molecule has 0 bridgehead atoms. The van der Waals surface area contributed by atoms with Crippen LogP contribution in [0.5, 0.6) is 0 Å². The minimum atomic E-state index is -1.52. The molecule has 0 saturated carbocycles. The predicted molar refractivity (Wildman–Crippen MR) is 160 cm³/mol. The van der Waals surface area contributed by atoms with Crippen molar-refractivity contribution in [3.63, 3.8) is 0 Å². The molecule has 212 valence electrons. The lowest BCUT2D eigenvalue weighted by atomic mass is 10.0. The molecule has 1 aliphatic rings. The van der Waals surface area contributed by atoms with Crippen LogP contribution in [0.25, 0.3) is 11.1 Å². The van der Waals surface area contributed by atoms with Crippen LogP contribution in [0.15, 0.2) is 102 Å². The number of morpholine rings is 1. The second kappa shape index (κ2) is 14.5. The van der Waals surface area contributed by atoms with Crippen molar-refractivity contribution in [2.45, 2.75) is 24.2 Å². The Labute approximate surface area is 242 Å². The van der Waals surface area contributed by atoms with Crippen LogP contribution in [0.3, 0.4) is 0 Å². The van der Waals surface area contributed by atoms with Crippen LogP contribution >= 0.6 is 0 Å². The van der Waals surface area contributed by atoms with Gasteiger partial charge in [-0.3, -0.25) is 14.6 Å². The van der Waals surface area contributed by atoms with Crippen molar-refractivity contribution in [1.82, 2.24) is 9.88 Å². The summed E-state index contributed by atoms with van der Waals surface area (Å²) in [6, 6.07) is 26.2. The van der Waals surface area contributed by atoms with E-state index in [2.05, 4.69) is 9.71 Å². The van der Waals surface area contributed by atoms with E-state index in [1.807, 2.05) is 84.9 Å². The van der Waals surface area contributed by atoms with Gasteiger partial charge >= 0.3 is 0 Å². The van der Waals surface area contributed by atoms with E-state index in [4.69, 9.17) is 4.74 Å². The first-order chi connectivity index (χ1) is 19.6. The fraction of sp³-hybridized carbons (Fsp3) is 0.219. The van der Waals surface area contributed by atoms with E-state index in [1.54, 1.807) is 17.3 Å². The SMILES string of the molecule is O.O=C(CCc1cccnc1)Cc1ccc(NS(=O)c2ccccc2-c2ccc(C(=O)N3CCOCC3)cc2)cc1. The van der Waals surface area contributed by atoms with E-state index >= 15 is 0 Å². The summed E-state index contributed by atoms with van der Waals surface area (Å²) in [4.78, 5) is 31.8. The molecule has 0 radical (unpaired) electrons. The molecule has 5 rings (SSSR count). The van der Waals surface area contributed by atoms with Gasteiger partial charge in [0, 0.05) is 49.6 Å². The molecule has 2 heterocycles. The third kappa shape index (κ3) is 7.94. The Balaban J connectivity index is 0.00000387. The highest BCUT2D eigenvalue weighted by Crippen LogP contribution is 2.28. The zero-order chi connectivity index (χ0) is 27.7. The van der Waals surface area contributed by atoms with E-state index in [0.29, 0.717) is 61.7 Å². The number of anilines is 1. The summed E-state index contributed by atoms with van der Waals surface area (Å²) in [6.07, 6.45) is 5.01. The van der Waals surface area contributed by atoms with Gasteiger partial charge in [-0.05, 0) is 65.1 Å². The van der Waals surface area contributed by atoms with Gasteiger partial charge < -0.3 is 19.8 Å². The van der Waals surface area contributed by atoms with Crippen LogP contribution < -0.4 is 4.72 Å². The molecule has 9 heteroatoms. The summed E-state index contributed by atoms with van der Waals surface area (Å²) < 4.78 is 21.8. The number of carbonyl (C=O) groups is 2. The number of nitrogens with zero attached hydrogens (tertiary/aromatic N) is 2. The minimum absolute atomic E-state index is 0. The summed E-state index contributed by atoms with van der Waals surface area (Å²) in [5.41, 5.74) is 5.00. The number of ketones is 1. The monoisotopic (exact) mass is 571 g/mol. The molecule has 1 saturated heterocycles. The summed E-state index contributed by atoms with van der Waals surface area (Å²) in [6.45, 7) is 2.31. The molecule has 41 heavy (non-hydrogen) atoms. The lowest BCUT2D eigenvalue weighted by molar-refractivity contribution is -0.118. The Bertz CT molecular complexity index is 1470. The summed E-state index contributed by atoms with van der Waals surface area (Å²) in [5, 5.41) is 0. The van der Waals surface area contributed by atoms with Crippen LogP contribution in [0, 0.1) is 0 Å². The Morgan fingerprint density at radius 1 is 0.878 bits per heavy atom. The Morgan fingerprint density at radius 3 is 2.32 bits per heavy atom. The summed E-state index contributed by atoms with van der Waals surface area (Å²) in [5.74, 6) is 0.159. The highest BCUT2D eigenvalue weighted by Gasteiger charge is 2.19. The van der Waals surface area contributed by atoms with Crippen LogP contribution in [0.4, 0.5) is 5.69 Å². The Morgan fingerprint density at radius 2 is 1.61 bits per heavy atom. The zero-order valence-corrected chi connectivity index (χ0v) is 23.4. The molecule has 4 aromatic rings. The average Bonchev–Trinajstić information content (AvgIpc) is 3.01. The number of rotatable bonds is 10. The number of amides is 1. The van der Waals surface area contributed by atoms with E-state index in [0.717, 1.165) is 22.3 Å². The maximum atomic E-state index is 13.3. The maximum absolute atomic E-state index is 13.3. The molecular weight excluding hydrogens is 538 g/mol. The van der Waals surface area contributed by atoms with Crippen molar-refractivity contribution in [2.75, 3.05) is 31.0 Å². The van der Waals surface area contributed by atoms with Crippen molar-refractivity contribution in [1.29, 1.82) is 0 Å². The summed E-state index contributed by atoms with van der Waals surface area (Å²) >= 11 is 0. The van der Waals surface area contributed by atoms with Gasteiger partial charge in [0.1, 0.15) is 5.78 Å². The van der Waals surface area contributed by atoms with E-state index in [9.17, 15) is 13.8 Å². The number of aromatic nitrogens is 1. The molecule has 1 unspecified atom stereocenters. The van der Waals surface area contributed by atoms with Crippen LogP contribution in [0.1, 0.15) is 27.9 Å². The molecule has 1 aliphatic heterocycles. The van der Waals surface area contributed by atoms with Gasteiger partial charge in [-0.1, -0.05) is 48.5 Å². The first-order valence-corrected chi connectivity index (χ1v) is 14.5. The molecule has 0 spiro atoms. The highest BCUT2D eigenvalue weighted by atomic mass is 32.2. The number of Topliss-reactive ketones (excluding diaryl/α,β-unsaturated/α-hetero) is 1. The van der Waals surface area contributed by atoms with Crippen molar-refractivity contribution in [2.24, 2.45) is 0 Å². The zero-order valence-electron chi connectivity index (χ0n) is 22.6. The maximum Gasteiger partial charge on any atom is 0.254 e. The van der Waals surface area contributed by atoms with Crippen LogP contribution in [-0.2, 0) is 33.4 Å². The van der Waals surface area contributed by atoms with Crippen molar-refractivity contribution < 1.29 is 24.0 Å². The molecule has 1 aromatic heterocycles. The molecule has 1 amide bonds. The first-order valence-electron chi connectivity index (χ1n) is 13.3. The lowest BCUT2D eigenvalue weighted by Crippen LogP contribution is -2.40. The number of aryl methyl sites for hydroxylation is 1. The van der Waals surface area contributed by atoms with Gasteiger partial charge in [0.25, 0.3) is 5.91 Å². The molecule has 3 aromatic carbocycles. The Kier molecular flexibility index (Phi) is 10.5. The quantitative estimate of drug-likeness (QED) is 0.305. The first kappa shape index (κ1) is 29.8. The fourth-order valence-corrected chi connectivity index (χ4v) is 5.65. The third-order valence-electron chi connectivity index (χ3n) is 6.81.